The van der Waals surface area contributed by atoms with Gasteiger partial charge in [0.05, 0.1) is 3.91 Å². The normalized spacial score (nSPS) is 28.8. The maximum Gasteiger partial charge on any atom is 0.0959 e. The van der Waals surface area contributed by atoms with Crippen LogP contribution >= 0.6 is 47.0 Å². The van der Waals surface area contributed by atoms with Crippen molar-refractivity contribution in [1.29, 1.82) is 0 Å². The highest BCUT2D eigenvalue weighted by Crippen LogP contribution is 2.45. The van der Waals surface area contributed by atoms with E-state index >= 15 is 0 Å². The van der Waals surface area contributed by atoms with E-state index in [0.29, 0.717) is 0 Å². The summed E-state index contributed by atoms with van der Waals surface area (Å²) < 4.78 is 0.880. The number of thioether (sulfide) groups is 4. The molecule has 2 saturated heterocycles. The summed E-state index contributed by atoms with van der Waals surface area (Å²) in [7, 11) is 0. The Kier molecular flexibility index (Phi) is 3.11. The molecule has 0 nitrogen and oxygen atoms in total. The summed E-state index contributed by atoms with van der Waals surface area (Å²) in [5, 5.41) is 0.994. The fourth-order valence-electron chi connectivity index (χ4n) is 0.865. The summed E-state index contributed by atoms with van der Waals surface area (Å²) in [6.07, 6.45) is 0. The second-order valence-corrected chi connectivity index (χ2v) is 8.13. The van der Waals surface area contributed by atoms with Gasteiger partial charge in [-0.1, -0.05) is 0 Å². The predicted octanol–water partition coefficient (Wildman–Crippen LogP) is 2.60. The number of rotatable bonds is 2. The van der Waals surface area contributed by atoms with Gasteiger partial charge in [0.2, 0.25) is 0 Å². The zero-order valence-corrected chi connectivity index (χ0v) is 8.88. The van der Waals surface area contributed by atoms with Crippen LogP contribution in [0.25, 0.3) is 0 Å². The highest BCUT2D eigenvalue weighted by atomic mass is 32.3. The maximum absolute atomic E-state index is 2.20. The highest BCUT2D eigenvalue weighted by molar-refractivity contribution is 8.34. The van der Waals surface area contributed by atoms with E-state index in [0.717, 1.165) is 9.16 Å². The van der Waals surface area contributed by atoms with Gasteiger partial charge in [-0.15, -0.1) is 35.3 Å². The quantitative estimate of drug-likeness (QED) is 0.687. The Balaban J connectivity index is 1.68. The molecule has 0 unspecified atom stereocenters. The van der Waals surface area contributed by atoms with Crippen molar-refractivity contribution in [3.05, 3.63) is 0 Å². The molecule has 10 heavy (non-hydrogen) atoms. The van der Waals surface area contributed by atoms with Crippen LogP contribution in [0.4, 0.5) is 0 Å². The van der Waals surface area contributed by atoms with Gasteiger partial charge in [0.15, 0.2) is 0 Å². The maximum atomic E-state index is 2.20. The molecule has 0 aromatic heterocycles. The highest BCUT2D eigenvalue weighted by Gasteiger charge is 2.25. The molecule has 0 aromatic rings. The minimum Gasteiger partial charge on any atom is -0.160 e. The largest absolute Gasteiger partial charge is 0.160 e. The Morgan fingerprint density at radius 3 is 2.30 bits per heavy atom. The van der Waals surface area contributed by atoms with Gasteiger partial charge in [-0.2, -0.15) is 11.8 Å². The molecule has 0 saturated carbocycles. The van der Waals surface area contributed by atoms with Crippen molar-refractivity contribution in [3.8, 4) is 0 Å². The second kappa shape index (κ2) is 3.87. The lowest BCUT2D eigenvalue weighted by Crippen LogP contribution is -2.21. The van der Waals surface area contributed by atoms with Crippen LogP contribution in [0, 0.1) is 0 Å². The van der Waals surface area contributed by atoms with Crippen LogP contribution in [-0.4, -0.2) is 32.2 Å². The average Bonchev–Trinajstić information content (AvgIpc) is 2.29. The van der Waals surface area contributed by atoms with Crippen molar-refractivity contribution in [2.75, 3.05) is 23.0 Å². The van der Waals surface area contributed by atoms with Crippen LogP contribution < -0.4 is 0 Å². The summed E-state index contributed by atoms with van der Waals surface area (Å²) in [6, 6.07) is 0. The monoisotopic (exact) mass is 210 g/mol. The number of hydrogen-bond donors (Lipinski definition) is 0. The smallest absolute Gasteiger partial charge is 0.0959 e. The summed E-state index contributed by atoms with van der Waals surface area (Å²) in [5.41, 5.74) is 0. The molecule has 0 bridgehead atoms. The lowest BCUT2D eigenvalue weighted by Gasteiger charge is -2.26. The van der Waals surface area contributed by atoms with Crippen molar-refractivity contribution < 1.29 is 0 Å². The van der Waals surface area contributed by atoms with Crippen LogP contribution in [0.15, 0.2) is 0 Å². The van der Waals surface area contributed by atoms with E-state index in [1.165, 1.54) is 23.0 Å². The van der Waals surface area contributed by atoms with Crippen molar-refractivity contribution in [3.63, 3.8) is 0 Å². The van der Waals surface area contributed by atoms with Gasteiger partial charge in [-0.25, -0.2) is 0 Å². The molecule has 0 aliphatic carbocycles. The second-order valence-electron chi connectivity index (χ2n) is 2.33. The Labute approximate surface area is 79.0 Å². The van der Waals surface area contributed by atoms with Gasteiger partial charge >= 0.3 is 0 Å². The summed E-state index contributed by atoms with van der Waals surface area (Å²) in [6.45, 7) is 0. The molecule has 58 valence electrons. The predicted molar refractivity (Wildman–Crippen MR) is 57.4 cm³/mol. The van der Waals surface area contributed by atoms with E-state index in [1.807, 2.05) is 0 Å². The fraction of sp³-hybridized carbons (Fsp3) is 1.00. The van der Waals surface area contributed by atoms with Crippen molar-refractivity contribution in [2.45, 2.75) is 9.16 Å². The molecular formula is C6H10S4. The van der Waals surface area contributed by atoms with Crippen LogP contribution in [0.3, 0.4) is 0 Å². The standard InChI is InChI=1S/C6H10S4/c1-2-9-6(8-1)10-5-3-7-4-5/h5-6H,1-4H2. The third-order valence-electron chi connectivity index (χ3n) is 1.50. The summed E-state index contributed by atoms with van der Waals surface area (Å²) >= 11 is 8.56. The van der Waals surface area contributed by atoms with Crippen molar-refractivity contribution in [1.82, 2.24) is 0 Å². The van der Waals surface area contributed by atoms with E-state index in [2.05, 4.69) is 47.0 Å². The minimum atomic E-state index is 0.880. The lowest BCUT2D eigenvalue weighted by atomic mass is 10.5. The third-order valence-corrected chi connectivity index (χ3v) is 8.12. The molecule has 0 radical (unpaired) electrons. The molecule has 2 aliphatic rings. The SMILES string of the molecule is C1CSC(SC2CSC2)S1. The van der Waals surface area contributed by atoms with Gasteiger partial charge in [0.1, 0.15) is 0 Å². The lowest BCUT2D eigenvalue weighted by molar-refractivity contribution is 1.09. The van der Waals surface area contributed by atoms with Crippen LogP contribution in [0.1, 0.15) is 0 Å². The first-order valence-corrected chi connectivity index (χ1v) is 7.61. The molecule has 4 heteroatoms. The zero-order valence-electron chi connectivity index (χ0n) is 5.62. The first-order chi connectivity index (χ1) is 4.95. The first kappa shape index (κ1) is 8.02. The van der Waals surface area contributed by atoms with Crippen molar-refractivity contribution >= 4 is 47.0 Å². The summed E-state index contributed by atoms with van der Waals surface area (Å²) in [5.74, 6) is 5.56. The molecule has 0 amide bonds. The van der Waals surface area contributed by atoms with E-state index < -0.39 is 0 Å². The van der Waals surface area contributed by atoms with Gasteiger partial charge in [0, 0.05) is 28.3 Å². The Bertz CT molecular complexity index is 106. The average molecular weight is 210 g/mol. The minimum absolute atomic E-state index is 0.880. The molecule has 2 heterocycles. The molecule has 0 N–H and O–H groups in total. The van der Waals surface area contributed by atoms with Crippen molar-refractivity contribution in [2.24, 2.45) is 0 Å². The van der Waals surface area contributed by atoms with Crippen LogP contribution in [0.5, 0.6) is 0 Å². The Morgan fingerprint density at radius 1 is 1.10 bits per heavy atom. The third kappa shape index (κ3) is 1.96. The molecule has 0 atom stereocenters. The molecule has 2 rings (SSSR count). The zero-order chi connectivity index (χ0) is 6.81. The molecule has 2 aliphatic heterocycles. The Morgan fingerprint density at radius 2 is 1.80 bits per heavy atom. The fourth-order valence-corrected chi connectivity index (χ4v) is 7.08. The topological polar surface area (TPSA) is 0 Å². The molecular weight excluding hydrogens is 200 g/mol. The van der Waals surface area contributed by atoms with E-state index in [9.17, 15) is 0 Å². The number of hydrogen-bond acceptors (Lipinski definition) is 4. The summed E-state index contributed by atoms with van der Waals surface area (Å²) in [4.78, 5) is 0. The molecule has 2 fully saturated rings. The van der Waals surface area contributed by atoms with Gasteiger partial charge in [-0.3, -0.25) is 0 Å². The van der Waals surface area contributed by atoms with Crippen LogP contribution in [0.2, 0.25) is 0 Å². The van der Waals surface area contributed by atoms with Gasteiger partial charge in [-0.05, 0) is 0 Å². The first-order valence-electron chi connectivity index (χ1n) is 3.41. The van der Waals surface area contributed by atoms with Crippen LogP contribution in [-0.2, 0) is 0 Å². The molecule has 0 aromatic carbocycles. The Hall–Kier alpha value is 1.40. The van der Waals surface area contributed by atoms with E-state index in [-0.39, 0.29) is 0 Å². The van der Waals surface area contributed by atoms with E-state index in [1.54, 1.807) is 0 Å². The molecule has 0 spiro atoms. The van der Waals surface area contributed by atoms with E-state index in [4.69, 9.17) is 0 Å². The van der Waals surface area contributed by atoms with Gasteiger partial charge in [0.25, 0.3) is 0 Å². The van der Waals surface area contributed by atoms with Gasteiger partial charge < -0.3 is 0 Å².